The number of halogens is 2. The third-order valence-electron chi connectivity index (χ3n) is 3.38. The molecule has 4 atom stereocenters. The molecule has 0 aromatic carbocycles. The molecule has 0 amide bonds. The van der Waals surface area contributed by atoms with Gasteiger partial charge in [0.05, 0.1) is 18.6 Å². The number of hydrogen-bond acceptors (Lipinski definition) is 7. The van der Waals surface area contributed by atoms with Crippen molar-refractivity contribution in [2.45, 2.75) is 29.0 Å². The largest absolute Gasteiger partial charge is 0.394 e. The maximum absolute atomic E-state index is 10.1. The Morgan fingerprint density at radius 3 is 2.67 bits per heavy atom. The molecule has 1 aliphatic rings. The van der Waals surface area contributed by atoms with E-state index < -0.39 is 24.5 Å². The maximum Gasteiger partial charge on any atom is 0.193 e. The van der Waals surface area contributed by atoms with Crippen LogP contribution in [0.5, 0.6) is 0 Å². The zero-order chi connectivity index (χ0) is 15.1. The molecule has 1 fully saturated rings. The lowest BCUT2D eigenvalue weighted by atomic mass is 10.1. The number of aliphatic hydroxyl groups excluding tert-OH is 3. The summed E-state index contributed by atoms with van der Waals surface area (Å²) in [4.78, 5) is 12.9. The van der Waals surface area contributed by atoms with Gasteiger partial charge in [-0.2, -0.15) is 0 Å². The molecule has 3 heterocycles. The summed E-state index contributed by atoms with van der Waals surface area (Å²) in [6.07, 6.45) is -2.47. The highest BCUT2D eigenvalue weighted by molar-refractivity contribution is 14.1. The molecule has 2 aromatic rings. The van der Waals surface area contributed by atoms with Gasteiger partial charge in [0.2, 0.25) is 0 Å². The van der Waals surface area contributed by atoms with Crippen molar-refractivity contribution in [2.24, 2.45) is 0 Å². The predicted octanol–water partition coefficient (Wildman–Crippen LogP) is -0.0226. The summed E-state index contributed by atoms with van der Waals surface area (Å²) in [6, 6.07) is 0. The van der Waals surface area contributed by atoms with Gasteiger partial charge in [0, 0.05) is 27.0 Å². The summed E-state index contributed by atoms with van der Waals surface area (Å²) < 4.78 is 8.33. The van der Waals surface area contributed by atoms with E-state index in [1.807, 2.05) is 22.6 Å². The minimum Gasteiger partial charge on any atom is -0.394 e. The number of aliphatic hydroxyl groups is 3. The Bertz CT molecular complexity index is 667. The smallest absolute Gasteiger partial charge is 0.193 e. The van der Waals surface area contributed by atoms with Crippen molar-refractivity contribution >= 4 is 56.3 Å². The molecule has 8 nitrogen and oxygen atoms in total. The normalized spacial score (nSPS) is 29.4. The van der Waals surface area contributed by atoms with Crippen molar-refractivity contribution in [3.8, 4) is 0 Å². The number of alkyl halides is 1. The molecule has 0 saturated carbocycles. The number of ether oxygens (including phenoxy) is 1. The predicted molar refractivity (Wildman–Crippen MR) is 88.8 cm³/mol. The summed E-state index contributed by atoms with van der Waals surface area (Å²) in [7, 11) is 0. The topological polar surface area (TPSA) is 114 Å². The number of aromatic nitrogens is 4. The summed E-state index contributed by atoms with van der Waals surface area (Å²) in [5, 5.41) is 29.1. The Kier molecular flexibility index (Phi) is 4.61. The van der Waals surface area contributed by atoms with Crippen LogP contribution in [0.4, 0.5) is 0 Å². The first-order valence-electron chi connectivity index (χ1n) is 6.14. The van der Waals surface area contributed by atoms with Crippen LogP contribution in [0, 0.1) is 3.83 Å². The van der Waals surface area contributed by atoms with Crippen molar-refractivity contribution in [3.05, 3.63) is 15.9 Å². The average molecular weight is 518 g/mol. The van der Waals surface area contributed by atoms with E-state index in [-0.39, 0.29) is 6.61 Å². The van der Waals surface area contributed by atoms with Crippen LogP contribution in [0.1, 0.15) is 11.9 Å². The van der Waals surface area contributed by atoms with E-state index in [0.717, 1.165) is 5.69 Å². The van der Waals surface area contributed by atoms with Gasteiger partial charge in [-0.1, -0.05) is 22.6 Å². The van der Waals surface area contributed by atoms with E-state index >= 15 is 0 Å². The zero-order valence-electron chi connectivity index (χ0n) is 10.6. The van der Waals surface area contributed by atoms with Crippen molar-refractivity contribution in [2.75, 3.05) is 6.61 Å². The molecule has 1 unspecified atom stereocenters. The Morgan fingerprint density at radius 2 is 2.05 bits per heavy atom. The number of hydrogen-bond donors (Lipinski definition) is 3. The lowest BCUT2D eigenvalue weighted by molar-refractivity contribution is -0.0511. The third-order valence-corrected chi connectivity index (χ3v) is 4.59. The first-order valence-corrected chi connectivity index (χ1v) is 8.74. The van der Waals surface area contributed by atoms with Crippen LogP contribution < -0.4 is 0 Å². The number of imidazole rings is 1. The second-order valence-electron chi connectivity index (χ2n) is 4.63. The molecule has 0 aliphatic carbocycles. The molecular weight excluding hydrogens is 506 g/mol. The highest BCUT2D eigenvalue weighted by atomic mass is 127. The highest BCUT2D eigenvalue weighted by Gasteiger charge is 2.44. The van der Waals surface area contributed by atoms with Crippen LogP contribution in [0.25, 0.3) is 11.2 Å². The summed E-state index contributed by atoms with van der Waals surface area (Å²) in [6.45, 7) is -0.368. The van der Waals surface area contributed by atoms with Crippen molar-refractivity contribution < 1.29 is 20.1 Å². The Labute approximate surface area is 146 Å². The number of fused-ring (bicyclic) bond motifs is 1. The van der Waals surface area contributed by atoms with Gasteiger partial charge in [0.15, 0.2) is 15.7 Å². The van der Waals surface area contributed by atoms with Crippen LogP contribution in [-0.4, -0.2) is 59.8 Å². The first kappa shape index (κ1) is 15.7. The Balaban J connectivity index is 2.07. The lowest BCUT2D eigenvalue weighted by Gasteiger charge is -2.16. The number of rotatable bonds is 3. The molecule has 0 spiro atoms. The van der Waals surface area contributed by atoms with Gasteiger partial charge in [-0.25, -0.2) is 15.0 Å². The molecule has 10 heteroatoms. The average Bonchev–Trinajstić information content (AvgIpc) is 3.01. The van der Waals surface area contributed by atoms with Crippen LogP contribution >= 0.6 is 45.2 Å². The minimum atomic E-state index is -1.16. The molecule has 3 N–H and O–H groups in total. The molecule has 0 radical (unpaired) electrons. The van der Waals surface area contributed by atoms with Gasteiger partial charge in [-0.3, -0.25) is 4.57 Å². The highest BCUT2D eigenvalue weighted by Crippen LogP contribution is 2.31. The SMILES string of the molecule is OC[C@H]1OC(n2cnc3c(CI)nc(I)nc32)[C@H](O)[C@@H]1O. The third kappa shape index (κ3) is 2.65. The van der Waals surface area contributed by atoms with Gasteiger partial charge in [-0.05, 0) is 0 Å². The second-order valence-corrected chi connectivity index (χ2v) is 6.35. The molecule has 2 aromatic heterocycles. The van der Waals surface area contributed by atoms with Crippen molar-refractivity contribution in [3.63, 3.8) is 0 Å². The standard InChI is InChI=1S/C11H12I2N4O4/c12-1-4-6-9(16-11(13)15-4)17(3-14-6)10-8(20)7(19)5(2-18)21-10/h3,5,7-8,10,18-20H,1-2H2/t5-,7-,8-,10?/m1/s1. The van der Waals surface area contributed by atoms with E-state index in [1.54, 1.807) is 4.57 Å². The molecule has 114 valence electrons. The van der Waals surface area contributed by atoms with Crippen LogP contribution in [-0.2, 0) is 9.16 Å². The molecule has 3 rings (SSSR count). The fourth-order valence-electron chi connectivity index (χ4n) is 2.33. The molecule has 0 bridgehead atoms. The Morgan fingerprint density at radius 1 is 1.29 bits per heavy atom. The Hall–Kier alpha value is -0.150. The minimum absolute atomic E-state index is 0.368. The molecule has 1 saturated heterocycles. The van der Waals surface area contributed by atoms with E-state index in [4.69, 9.17) is 9.84 Å². The monoisotopic (exact) mass is 518 g/mol. The summed E-state index contributed by atoms with van der Waals surface area (Å²) >= 11 is 4.21. The van der Waals surface area contributed by atoms with Crippen LogP contribution in [0.3, 0.4) is 0 Å². The van der Waals surface area contributed by atoms with Crippen LogP contribution in [0.15, 0.2) is 6.33 Å². The fourth-order valence-corrected chi connectivity index (χ4v) is 3.39. The van der Waals surface area contributed by atoms with Gasteiger partial charge in [0.1, 0.15) is 23.8 Å². The van der Waals surface area contributed by atoms with Gasteiger partial charge < -0.3 is 20.1 Å². The lowest BCUT2D eigenvalue weighted by Crippen LogP contribution is -2.33. The van der Waals surface area contributed by atoms with Crippen molar-refractivity contribution in [1.29, 1.82) is 0 Å². The van der Waals surface area contributed by atoms with E-state index in [2.05, 4.69) is 37.5 Å². The van der Waals surface area contributed by atoms with Gasteiger partial charge >= 0.3 is 0 Å². The number of nitrogens with zero attached hydrogens (tertiary/aromatic N) is 4. The molecular formula is C11H12I2N4O4. The summed E-state index contributed by atoms with van der Waals surface area (Å²) in [5.74, 6) is 0. The van der Waals surface area contributed by atoms with Crippen molar-refractivity contribution in [1.82, 2.24) is 19.5 Å². The summed E-state index contributed by atoms with van der Waals surface area (Å²) in [5.41, 5.74) is 1.98. The van der Waals surface area contributed by atoms with E-state index in [0.29, 0.717) is 19.4 Å². The van der Waals surface area contributed by atoms with Gasteiger partial charge in [0.25, 0.3) is 0 Å². The second kappa shape index (κ2) is 6.16. The molecule has 1 aliphatic heterocycles. The van der Waals surface area contributed by atoms with Gasteiger partial charge in [-0.15, -0.1) is 0 Å². The fraction of sp³-hybridized carbons (Fsp3) is 0.545. The van der Waals surface area contributed by atoms with E-state index in [9.17, 15) is 10.2 Å². The zero-order valence-corrected chi connectivity index (χ0v) is 14.9. The van der Waals surface area contributed by atoms with E-state index in [1.165, 1.54) is 6.33 Å². The van der Waals surface area contributed by atoms with Crippen LogP contribution in [0.2, 0.25) is 0 Å². The first-order chi connectivity index (χ1) is 10.1. The molecule has 21 heavy (non-hydrogen) atoms. The maximum atomic E-state index is 10.1. The quantitative estimate of drug-likeness (QED) is 0.298.